The van der Waals surface area contributed by atoms with Crippen LogP contribution >= 0.6 is 0 Å². The Morgan fingerprint density at radius 3 is 2.20 bits per heavy atom. The Hall–Kier alpha value is -3.13. The highest BCUT2D eigenvalue weighted by Crippen LogP contribution is 2.39. The lowest BCUT2D eigenvalue weighted by Gasteiger charge is -2.08. The summed E-state index contributed by atoms with van der Waals surface area (Å²) in [5.41, 5.74) is 5.44. The van der Waals surface area contributed by atoms with E-state index in [9.17, 15) is 0 Å². The van der Waals surface area contributed by atoms with Gasteiger partial charge in [0.25, 0.3) is 5.69 Å². The number of pyridine rings is 1. The Bertz CT molecular complexity index is 1260. The van der Waals surface area contributed by atoms with Crippen LogP contribution in [0.5, 0.6) is 0 Å². The summed E-state index contributed by atoms with van der Waals surface area (Å²) >= 11 is 0. The zero-order valence-corrected chi connectivity index (χ0v) is 14.3. The second kappa shape index (κ2) is 5.18. The molecule has 5 rings (SSSR count). The van der Waals surface area contributed by atoms with Gasteiger partial charge in [0, 0.05) is 35.4 Å². The number of nitrogens with zero attached hydrogens (tertiary/aromatic N) is 1. The van der Waals surface area contributed by atoms with Crippen molar-refractivity contribution in [1.29, 1.82) is 0 Å². The monoisotopic (exact) mass is 324 g/mol. The van der Waals surface area contributed by atoms with Crippen LogP contribution in [0.1, 0.15) is 11.3 Å². The number of para-hydroxylation sites is 1. The molecule has 2 aromatic heterocycles. The highest BCUT2D eigenvalue weighted by molar-refractivity contribution is 6.21. The van der Waals surface area contributed by atoms with Gasteiger partial charge in [-0.3, -0.25) is 0 Å². The van der Waals surface area contributed by atoms with Crippen LogP contribution in [0.2, 0.25) is 0 Å². The Morgan fingerprint density at radius 1 is 0.720 bits per heavy atom. The third-order valence-electron chi connectivity index (χ3n) is 5.07. The van der Waals surface area contributed by atoms with Gasteiger partial charge in [0.05, 0.1) is 0 Å². The van der Waals surface area contributed by atoms with Crippen LogP contribution in [-0.4, -0.2) is 0 Å². The van der Waals surface area contributed by atoms with E-state index in [0.717, 1.165) is 16.9 Å². The van der Waals surface area contributed by atoms with E-state index in [4.69, 9.17) is 4.42 Å². The molecule has 2 heteroatoms. The van der Waals surface area contributed by atoms with E-state index in [1.54, 1.807) is 0 Å². The van der Waals surface area contributed by atoms with Gasteiger partial charge in [-0.25, -0.2) is 0 Å². The predicted molar refractivity (Wildman–Crippen MR) is 102 cm³/mol. The van der Waals surface area contributed by atoms with E-state index in [1.165, 1.54) is 32.8 Å². The number of fused-ring (bicyclic) bond motifs is 5. The normalized spacial score (nSPS) is 11.6. The molecule has 0 amide bonds. The SMILES string of the molecule is Cc1c(-[n+]2ccccc2C)c2oc3ccccc3c2c2ccccc12. The van der Waals surface area contributed by atoms with E-state index < -0.39 is 0 Å². The van der Waals surface area contributed by atoms with Gasteiger partial charge in [0.2, 0.25) is 5.58 Å². The van der Waals surface area contributed by atoms with E-state index in [-0.39, 0.29) is 0 Å². The molecule has 0 bridgehead atoms. The Kier molecular flexibility index (Phi) is 2.95. The summed E-state index contributed by atoms with van der Waals surface area (Å²) in [4.78, 5) is 0. The number of furan rings is 1. The van der Waals surface area contributed by atoms with E-state index in [2.05, 4.69) is 79.2 Å². The van der Waals surface area contributed by atoms with E-state index in [1.807, 2.05) is 12.1 Å². The summed E-state index contributed by atoms with van der Waals surface area (Å²) in [6.45, 7) is 4.31. The molecule has 5 aromatic rings. The molecule has 0 unspecified atom stereocenters. The van der Waals surface area contributed by atoms with Crippen LogP contribution in [0.4, 0.5) is 0 Å². The van der Waals surface area contributed by atoms with Crippen molar-refractivity contribution in [1.82, 2.24) is 0 Å². The van der Waals surface area contributed by atoms with Gasteiger partial charge in [-0.05, 0) is 23.8 Å². The molecule has 0 saturated heterocycles. The Morgan fingerprint density at radius 2 is 1.40 bits per heavy atom. The maximum absolute atomic E-state index is 6.36. The average molecular weight is 324 g/mol. The number of hydrogen-bond acceptors (Lipinski definition) is 1. The number of benzene rings is 3. The molecule has 0 spiro atoms. The van der Waals surface area contributed by atoms with Crippen LogP contribution < -0.4 is 4.57 Å². The molecule has 3 aromatic carbocycles. The van der Waals surface area contributed by atoms with Gasteiger partial charge in [-0.2, -0.15) is 4.57 Å². The van der Waals surface area contributed by atoms with Gasteiger partial charge in [0.15, 0.2) is 11.9 Å². The van der Waals surface area contributed by atoms with Crippen molar-refractivity contribution in [2.24, 2.45) is 0 Å². The quantitative estimate of drug-likeness (QED) is 0.365. The number of rotatable bonds is 1. The zero-order chi connectivity index (χ0) is 17.0. The molecule has 0 aliphatic heterocycles. The summed E-state index contributed by atoms with van der Waals surface area (Å²) in [7, 11) is 0. The van der Waals surface area contributed by atoms with Crippen LogP contribution in [-0.2, 0) is 0 Å². The predicted octanol–water partition coefficient (Wildman–Crippen LogP) is 5.63. The summed E-state index contributed by atoms with van der Waals surface area (Å²) in [5.74, 6) is 0. The minimum absolute atomic E-state index is 0.934. The topological polar surface area (TPSA) is 17.0 Å². The summed E-state index contributed by atoms with van der Waals surface area (Å²) in [5, 5.41) is 4.89. The van der Waals surface area contributed by atoms with Crippen molar-refractivity contribution < 1.29 is 8.98 Å². The molecule has 2 heterocycles. The summed E-state index contributed by atoms with van der Waals surface area (Å²) in [6.07, 6.45) is 2.11. The zero-order valence-electron chi connectivity index (χ0n) is 14.3. The maximum atomic E-state index is 6.36. The largest absolute Gasteiger partial charge is 0.449 e. The van der Waals surface area contributed by atoms with Crippen molar-refractivity contribution in [3.05, 3.63) is 84.2 Å². The second-order valence-electron chi connectivity index (χ2n) is 6.53. The lowest BCUT2D eigenvalue weighted by atomic mass is 9.98. The molecule has 0 saturated carbocycles. The maximum Gasteiger partial charge on any atom is 0.258 e. The molecular weight excluding hydrogens is 306 g/mol. The van der Waals surface area contributed by atoms with Crippen molar-refractivity contribution in [3.63, 3.8) is 0 Å². The molecule has 0 N–H and O–H groups in total. The molecule has 0 fully saturated rings. The number of aryl methyl sites for hydroxylation is 2. The third-order valence-corrected chi connectivity index (χ3v) is 5.07. The number of aromatic nitrogens is 1. The van der Waals surface area contributed by atoms with Crippen molar-refractivity contribution in [2.75, 3.05) is 0 Å². The molecule has 120 valence electrons. The fourth-order valence-corrected chi connectivity index (χ4v) is 3.88. The van der Waals surface area contributed by atoms with Gasteiger partial charge in [-0.1, -0.05) is 48.5 Å². The number of hydrogen-bond donors (Lipinski definition) is 0. The molecule has 0 aliphatic carbocycles. The van der Waals surface area contributed by atoms with Gasteiger partial charge < -0.3 is 4.42 Å². The highest BCUT2D eigenvalue weighted by Gasteiger charge is 2.25. The first-order valence-corrected chi connectivity index (χ1v) is 8.56. The lowest BCUT2D eigenvalue weighted by Crippen LogP contribution is -2.34. The highest BCUT2D eigenvalue weighted by atomic mass is 16.3. The second-order valence-corrected chi connectivity index (χ2v) is 6.53. The van der Waals surface area contributed by atoms with Crippen molar-refractivity contribution in [3.8, 4) is 5.69 Å². The van der Waals surface area contributed by atoms with Crippen LogP contribution in [0.3, 0.4) is 0 Å². The first kappa shape index (κ1) is 14.2. The average Bonchev–Trinajstić information content (AvgIpc) is 3.02. The minimum atomic E-state index is 0.934. The van der Waals surface area contributed by atoms with Crippen LogP contribution in [0.25, 0.3) is 38.4 Å². The molecule has 0 radical (unpaired) electrons. The third kappa shape index (κ3) is 1.94. The molecule has 2 nitrogen and oxygen atoms in total. The Labute approximate surface area is 145 Å². The van der Waals surface area contributed by atoms with Gasteiger partial charge >= 0.3 is 0 Å². The van der Waals surface area contributed by atoms with E-state index >= 15 is 0 Å². The Balaban J connectivity index is 2.10. The lowest BCUT2D eigenvalue weighted by molar-refractivity contribution is -0.601. The standard InChI is InChI=1S/C23H18NO/c1-15-9-7-8-14-24(15)22-16(2)17-10-3-4-11-18(17)21-19-12-5-6-13-20(19)25-23(21)22/h3-14H,1-2H3/q+1. The van der Waals surface area contributed by atoms with Crippen molar-refractivity contribution >= 4 is 32.7 Å². The molecule has 0 aliphatic rings. The fourth-order valence-electron chi connectivity index (χ4n) is 3.88. The summed E-state index contributed by atoms with van der Waals surface area (Å²) < 4.78 is 8.59. The first-order chi connectivity index (χ1) is 12.3. The van der Waals surface area contributed by atoms with Crippen LogP contribution in [0.15, 0.2) is 77.3 Å². The molecular formula is C23H18NO+. The van der Waals surface area contributed by atoms with Crippen LogP contribution in [0, 0.1) is 13.8 Å². The van der Waals surface area contributed by atoms with E-state index in [0.29, 0.717) is 0 Å². The summed E-state index contributed by atoms with van der Waals surface area (Å²) in [6, 6.07) is 23.2. The molecule has 25 heavy (non-hydrogen) atoms. The smallest absolute Gasteiger partial charge is 0.258 e. The molecule has 0 atom stereocenters. The van der Waals surface area contributed by atoms with Gasteiger partial charge in [0.1, 0.15) is 5.58 Å². The van der Waals surface area contributed by atoms with Crippen molar-refractivity contribution in [2.45, 2.75) is 13.8 Å². The fraction of sp³-hybridized carbons (Fsp3) is 0.0870. The minimum Gasteiger partial charge on any atom is -0.449 e. The first-order valence-electron chi connectivity index (χ1n) is 8.56. The van der Waals surface area contributed by atoms with Gasteiger partial charge in [-0.15, -0.1) is 0 Å².